The molecule has 108 valence electrons. The van der Waals surface area contributed by atoms with Crippen LogP contribution in [-0.4, -0.2) is 48.9 Å². The van der Waals surface area contributed by atoms with Crippen molar-refractivity contribution >= 4 is 17.7 Å². The van der Waals surface area contributed by atoms with Gasteiger partial charge in [-0.3, -0.25) is 4.79 Å². The van der Waals surface area contributed by atoms with Gasteiger partial charge in [0.15, 0.2) is 5.78 Å². The average molecular weight is 279 g/mol. The van der Waals surface area contributed by atoms with Gasteiger partial charge < -0.3 is 14.4 Å². The zero-order chi connectivity index (χ0) is 14.9. The number of esters is 2. The van der Waals surface area contributed by atoms with Gasteiger partial charge in [-0.2, -0.15) is 0 Å². The van der Waals surface area contributed by atoms with Gasteiger partial charge in [0.2, 0.25) is 0 Å². The van der Waals surface area contributed by atoms with Crippen LogP contribution in [0.1, 0.15) is 19.3 Å². The molecule has 0 amide bonds. The summed E-state index contributed by atoms with van der Waals surface area (Å²) in [5, 5.41) is 0. The molecule has 0 aromatic carbocycles. The number of ether oxygens (including phenoxy) is 2. The zero-order valence-electron chi connectivity index (χ0n) is 11.6. The van der Waals surface area contributed by atoms with E-state index in [-0.39, 0.29) is 17.1 Å². The lowest BCUT2D eigenvalue weighted by Crippen LogP contribution is -2.45. The van der Waals surface area contributed by atoms with Crippen molar-refractivity contribution in [2.75, 3.05) is 20.8 Å². The van der Waals surface area contributed by atoms with Crippen molar-refractivity contribution in [1.82, 2.24) is 4.90 Å². The minimum absolute atomic E-state index is 0.0173. The fourth-order valence-corrected chi connectivity index (χ4v) is 3.06. The normalized spacial score (nSPS) is 24.7. The fraction of sp³-hybridized carbons (Fsp3) is 0.500. The van der Waals surface area contributed by atoms with E-state index in [0.717, 1.165) is 6.42 Å². The highest BCUT2D eigenvalue weighted by Gasteiger charge is 2.58. The van der Waals surface area contributed by atoms with E-state index in [1.54, 1.807) is 11.0 Å². The lowest BCUT2D eigenvalue weighted by Gasteiger charge is -2.32. The molecular weight excluding hydrogens is 262 g/mol. The first-order valence-electron chi connectivity index (χ1n) is 6.37. The second kappa shape index (κ2) is 5.11. The van der Waals surface area contributed by atoms with Crippen molar-refractivity contribution in [3.8, 4) is 0 Å². The Morgan fingerprint density at radius 2 is 2.00 bits per heavy atom. The molecule has 6 heteroatoms. The Bertz CT molecular complexity index is 522. The van der Waals surface area contributed by atoms with E-state index >= 15 is 0 Å². The summed E-state index contributed by atoms with van der Waals surface area (Å²) in [4.78, 5) is 38.2. The van der Waals surface area contributed by atoms with E-state index in [2.05, 4.69) is 11.3 Å². The predicted octanol–water partition coefficient (Wildman–Crippen LogP) is 0.580. The van der Waals surface area contributed by atoms with Gasteiger partial charge in [0.05, 0.1) is 14.2 Å². The molecule has 0 aromatic rings. The molecule has 1 fully saturated rings. The smallest absolute Gasteiger partial charge is 0.355 e. The largest absolute Gasteiger partial charge is 0.465 e. The summed E-state index contributed by atoms with van der Waals surface area (Å²) in [6.07, 6.45) is 3.37. The van der Waals surface area contributed by atoms with Crippen molar-refractivity contribution < 1.29 is 23.9 Å². The molecule has 20 heavy (non-hydrogen) atoms. The molecule has 2 aliphatic heterocycles. The highest BCUT2D eigenvalue weighted by molar-refractivity contribution is 6.27. The summed E-state index contributed by atoms with van der Waals surface area (Å²) >= 11 is 0. The first-order chi connectivity index (χ1) is 9.53. The maximum atomic E-state index is 12.7. The van der Waals surface area contributed by atoms with Crippen LogP contribution >= 0.6 is 0 Å². The van der Waals surface area contributed by atoms with Crippen molar-refractivity contribution in [3.63, 3.8) is 0 Å². The number of hydrogen-bond donors (Lipinski definition) is 0. The van der Waals surface area contributed by atoms with Gasteiger partial charge in [0, 0.05) is 6.54 Å². The maximum absolute atomic E-state index is 12.7. The molecule has 2 aliphatic rings. The number of Topliss-reactive ketones (excluding diaryl/α,β-unsaturated/α-hetero) is 1. The van der Waals surface area contributed by atoms with Crippen molar-refractivity contribution in [2.24, 2.45) is 0 Å². The van der Waals surface area contributed by atoms with Gasteiger partial charge >= 0.3 is 11.9 Å². The molecule has 2 rings (SSSR count). The standard InChI is InChI=1S/C14H17NO5/c1-4-6-14-7-5-8-15(14)10(13(18)20-3)9(11(14)16)12(17)19-2/h4H,1,5-8H2,2-3H3/t14-/m0/s1. The number of nitrogens with zero attached hydrogens (tertiary/aromatic N) is 1. The topological polar surface area (TPSA) is 72.9 Å². The van der Waals surface area contributed by atoms with E-state index < -0.39 is 17.5 Å². The van der Waals surface area contributed by atoms with Crippen LogP contribution in [0.2, 0.25) is 0 Å². The van der Waals surface area contributed by atoms with Crippen LogP contribution < -0.4 is 0 Å². The van der Waals surface area contributed by atoms with Gasteiger partial charge in [-0.1, -0.05) is 6.08 Å². The average Bonchev–Trinajstić information content (AvgIpc) is 2.95. The Balaban J connectivity index is 2.58. The minimum Gasteiger partial charge on any atom is -0.465 e. The molecule has 0 radical (unpaired) electrons. The van der Waals surface area contributed by atoms with E-state index in [9.17, 15) is 14.4 Å². The second-order valence-corrected chi connectivity index (χ2v) is 4.82. The highest BCUT2D eigenvalue weighted by atomic mass is 16.5. The lowest BCUT2D eigenvalue weighted by molar-refractivity contribution is -0.140. The second-order valence-electron chi connectivity index (χ2n) is 4.82. The molecule has 2 heterocycles. The van der Waals surface area contributed by atoms with Crippen molar-refractivity contribution in [1.29, 1.82) is 0 Å². The van der Waals surface area contributed by atoms with Gasteiger partial charge in [0.25, 0.3) is 0 Å². The SMILES string of the molecule is C=CC[C@@]12CCCN1C(C(=O)OC)=C(C(=O)OC)C2=O. The molecular formula is C14H17NO5. The summed E-state index contributed by atoms with van der Waals surface area (Å²) in [5.74, 6) is -1.86. The number of ketones is 1. The van der Waals surface area contributed by atoms with Gasteiger partial charge in [-0.25, -0.2) is 9.59 Å². The summed E-state index contributed by atoms with van der Waals surface area (Å²) in [7, 11) is 2.40. The Labute approximate surface area is 117 Å². The minimum atomic E-state index is -0.880. The lowest BCUT2D eigenvalue weighted by atomic mass is 9.86. The molecule has 0 aromatic heterocycles. The predicted molar refractivity (Wildman–Crippen MR) is 69.6 cm³/mol. The van der Waals surface area contributed by atoms with E-state index in [0.29, 0.717) is 19.4 Å². The molecule has 1 saturated heterocycles. The third-order valence-electron chi connectivity index (χ3n) is 3.90. The first kappa shape index (κ1) is 14.3. The third kappa shape index (κ3) is 1.75. The zero-order valence-corrected chi connectivity index (χ0v) is 11.6. The summed E-state index contributed by atoms with van der Waals surface area (Å²) < 4.78 is 9.35. The Hall–Kier alpha value is -2.11. The Morgan fingerprint density at radius 1 is 1.35 bits per heavy atom. The molecule has 0 N–H and O–H groups in total. The number of carbonyl (C=O) groups is 3. The Kier molecular flexibility index (Phi) is 3.65. The summed E-state index contributed by atoms with van der Waals surface area (Å²) in [6, 6.07) is 0. The molecule has 1 atom stereocenters. The number of carbonyl (C=O) groups excluding carboxylic acids is 3. The summed E-state index contributed by atoms with van der Waals surface area (Å²) in [5.41, 5.74) is -1.07. The van der Waals surface area contributed by atoms with Gasteiger partial charge in [0.1, 0.15) is 16.8 Å². The molecule has 0 aliphatic carbocycles. The highest BCUT2D eigenvalue weighted by Crippen LogP contribution is 2.45. The van der Waals surface area contributed by atoms with Gasteiger partial charge in [-0.05, 0) is 19.3 Å². The van der Waals surface area contributed by atoms with E-state index in [1.807, 2.05) is 0 Å². The monoisotopic (exact) mass is 279 g/mol. The molecule has 0 bridgehead atoms. The van der Waals surface area contributed by atoms with Crippen LogP contribution in [0.25, 0.3) is 0 Å². The van der Waals surface area contributed by atoms with E-state index in [4.69, 9.17) is 4.74 Å². The van der Waals surface area contributed by atoms with Crippen LogP contribution in [0.3, 0.4) is 0 Å². The molecule has 6 nitrogen and oxygen atoms in total. The molecule has 0 spiro atoms. The third-order valence-corrected chi connectivity index (χ3v) is 3.90. The Morgan fingerprint density at radius 3 is 2.55 bits per heavy atom. The molecule has 0 saturated carbocycles. The number of hydrogen-bond acceptors (Lipinski definition) is 6. The summed E-state index contributed by atoms with van der Waals surface area (Å²) in [6.45, 7) is 4.20. The number of rotatable bonds is 4. The first-order valence-corrected chi connectivity index (χ1v) is 6.37. The fourth-order valence-electron chi connectivity index (χ4n) is 3.06. The van der Waals surface area contributed by atoms with Crippen LogP contribution in [0.15, 0.2) is 23.9 Å². The maximum Gasteiger partial charge on any atom is 0.355 e. The van der Waals surface area contributed by atoms with Gasteiger partial charge in [-0.15, -0.1) is 6.58 Å². The van der Waals surface area contributed by atoms with Crippen LogP contribution in [0.5, 0.6) is 0 Å². The molecule has 0 unspecified atom stereocenters. The van der Waals surface area contributed by atoms with Crippen LogP contribution in [0, 0.1) is 0 Å². The van der Waals surface area contributed by atoms with Crippen molar-refractivity contribution in [3.05, 3.63) is 23.9 Å². The number of methoxy groups -OCH3 is 2. The quantitative estimate of drug-likeness (QED) is 0.426. The van der Waals surface area contributed by atoms with Crippen LogP contribution in [0.4, 0.5) is 0 Å². The van der Waals surface area contributed by atoms with Crippen molar-refractivity contribution in [2.45, 2.75) is 24.8 Å². The van der Waals surface area contributed by atoms with Crippen LogP contribution in [-0.2, 0) is 23.9 Å². The van der Waals surface area contributed by atoms with E-state index in [1.165, 1.54) is 14.2 Å². The number of fused-ring (bicyclic) bond motifs is 1.